The van der Waals surface area contributed by atoms with Gasteiger partial charge in [-0.05, 0) is 50.3 Å². The molecule has 0 aromatic heterocycles. The lowest BCUT2D eigenvalue weighted by Gasteiger charge is -2.33. The van der Waals surface area contributed by atoms with E-state index in [1.165, 1.54) is 11.8 Å². The van der Waals surface area contributed by atoms with Gasteiger partial charge in [0.15, 0.2) is 12.1 Å². The highest BCUT2D eigenvalue weighted by molar-refractivity contribution is 8.14. The summed E-state index contributed by atoms with van der Waals surface area (Å²) in [6.07, 6.45) is 5.23. The predicted octanol–water partition coefficient (Wildman–Crippen LogP) is 3.17. The Labute approximate surface area is 190 Å². The molecule has 0 aromatic rings. The summed E-state index contributed by atoms with van der Waals surface area (Å²) in [5.74, 6) is -2.51. The lowest BCUT2D eigenvalue weighted by atomic mass is 10.0. The SMILES string of the molecule is CSC1=NC=NC2=C(C3(O)OC(COC4CCCCO4)C4OC(C)(C)OC43)SC=C1C2. The first kappa shape index (κ1) is 22.1. The molecule has 1 N–H and O–H groups in total. The van der Waals surface area contributed by atoms with E-state index in [2.05, 4.69) is 9.98 Å². The van der Waals surface area contributed by atoms with Gasteiger partial charge in [-0.2, -0.15) is 0 Å². The lowest BCUT2D eigenvalue weighted by molar-refractivity contribution is -0.266. The summed E-state index contributed by atoms with van der Waals surface area (Å²) in [5.41, 5.74) is 1.83. The van der Waals surface area contributed by atoms with E-state index in [-0.39, 0.29) is 12.9 Å². The van der Waals surface area contributed by atoms with Crippen molar-refractivity contribution in [3.8, 4) is 0 Å². The fourth-order valence-corrected chi connectivity index (χ4v) is 6.19. The number of aliphatic imine (C=N–C) groups is 2. The van der Waals surface area contributed by atoms with Crippen molar-refractivity contribution in [1.29, 1.82) is 0 Å². The zero-order valence-electron chi connectivity index (χ0n) is 17.9. The van der Waals surface area contributed by atoms with Crippen LogP contribution < -0.4 is 0 Å². The van der Waals surface area contributed by atoms with Gasteiger partial charge in [-0.15, -0.1) is 11.8 Å². The third-order valence-electron chi connectivity index (χ3n) is 5.92. The van der Waals surface area contributed by atoms with Gasteiger partial charge in [0.2, 0.25) is 5.79 Å². The Morgan fingerprint density at radius 2 is 2.16 bits per heavy atom. The molecule has 0 radical (unpaired) electrons. The quantitative estimate of drug-likeness (QED) is 0.673. The molecule has 5 rings (SSSR count). The van der Waals surface area contributed by atoms with Crippen molar-refractivity contribution < 1.29 is 28.8 Å². The molecule has 0 aromatic carbocycles. The first-order valence-corrected chi connectivity index (χ1v) is 12.7. The Morgan fingerprint density at radius 3 is 2.94 bits per heavy atom. The van der Waals surface area contributed by atoms with E-state index in [0.717, 1.165) is 35.6 Å². The Morgan fingerprint density at radius 1 is 1.29 bits per heavy atom. The van der Waals surface area contributed by atoms with Crippen LogP contribution in [0.25, 0.3) is 0 Å². The van der Waals surface area contributed by atoms with Crippen LogP contribution in [0.15, 0.2) is 31.6 Å². The zero-order valence-corrected chi connectivity index (χ0v) is 19.5. The van der Waals surface area contributed by atoms with Crippen molar-refractivity contribution >= 4 is 34.9 Å². The number of allylic oxidation sites excluding steroid dienone is 1. The molecule has 0 spiro atoms. The van der Waals surface area contributed by atoms with Crippen LogP contribution in [0.4, 0.5) is 0 Å². The molecule has 31 heavy (non-hydrogen) atoms. The number of hydrogen-bond donors (Lipinski definition) is 1. The molecule has 5 aliphatic heterocycles. The number of ether oxygens (including phenoxy) is 5. The zero-order chi connectivity index (χ0) is 21.6. The number of thioether (sulfide) groups is 2. The number of rotatable bonds is 4. The highest BCUT2D eigenvalue weighted by Crippen LogP contribution is 2.52. The topological polar surface area (TPSA) is 91.1 Å². The van der Waals surface area contributed by atoms with Crippen molar-refractivity contribution in [2.24, 2.45) is 9.98 Å². The average Bonchev–Trinajstić information content (AvgIpc) is 3.15. The second-order valence-electron chi connectivity index (χ2n) is 8.60. The van der Waals surface area contributed by atoms with Gasteiger partial charge in [0.1, 0.15) is 29.7 Å². The van der Waals surface area contributed by atoms with Gasteiger partial charge in [-0.25, -0.2) is 9.98 Å². The van der Waals surface area contributed by atoms with Gasteiger partial charge >= 0.3 is 0 Å². The molecule has 3 saturated heterocycles. The van der Waals surface area contributed by atoms with Crippen molar-refractivity contribution in [2.75, 3.05) is 19.5 Å². The molecule has 170 valence electrons. The number of nitrogens with zero attached hydrogens (tertiary/aromatic N) is 2. The van der Waals surface area contributed by atoms with Crippen molar-refractivity contribution in [3.63, 3.8) is 0 Å². The van der Waals surface area contributed by atoms with E-state index >= 15 is 0 Å². The second kappa shape index (κ2) is 8.57. The first-order chi connectivity index (χ1) is 14.9. The highest BCUT2D eigenvalue weighted by atomic mass is 32.2. The van der Waals surface area contributed by atoms with E-state index in [4.69, 9.17) is 23.7 Å². The number of aliphatic hydroxyl groups is 1. The minimum Gasteiger partial charge on any atom is -0.359 e. The van der Waals surface area contributed by atoms with E-state index in [1.807, 2.05) is 25.5 Å². The third-order valence-corrected chi connectivity index (χ3v) is 7.84. The molecule has 5 heterocycles. The van der Waals surface area contributed by atoms with Crippen LogP contribution in [-0.2, 0) is 23.7 Å². The molecule has 5 aliphatic rings. The molecule has 0 saturated carbocycles. The van der Waals surface area contributed by atoms with E-state index in [0.29, 0.717) is 17.9 Å². The van der Waals surface area contributed by atoms with E-state index < -0.39 is 29.9 Å². The Hall–Kier alpha value is -0.720. The fraction of sp³-hybridized carbons (Fsp3) is 0.714. The molecule has 5 atom stereocenters. The summed E-state index contributed by atoms with van der Waals surface area (Å²) >= 11 is 3.00. The van der Waals surface area contributed by atoms with Crippen LogP contribution in [0.3, 0.4) is 0 Å². The van der Waals surface area contributed by atoms with Crippen molar-refractivity contribution in [3.05, 3.63) is 21.6 Å². The summed E-state index contributed by atoms with van der Waals surface area (Å²) in [4.78, 5) is 9.55. The Balaban J connectivity index is 1.39. The van der Waals surface area contributed by atoms with Gasteiger partial charge in [-0.3, -0.25) is 0 Å². The average molecular weight is 469 g/mol. The van der Waals surface area contributed by atoms with Crippen molar-refractivity contribution in [1.82, 2.24) is 0 Å². The van der Waals surface area contributed by atoms with Crippen LogP contribution >= 0.6 is 23.5 Å². The highest BCUT2D eigenvalue weighted by Gasteiger charge is 2.65. The first-order valence-electron chi connectivity index (χ1n) is 10.6. The maximum absolute atomic E-state index is 11.8. The summed E-state index contributed by atoms with van der Waals surface area (Å²) in [7, 11) is 0. The maximum Gasteiger partial charge on any atom is 0.231 e. The molecular formula is C21H28N2O6S2. The monoisotopic (exact) mass is 468 g/mol. The van der Waals surface area contributed by atoms with E-state index in [1.54, 1.807) is 18.1 Å². The van der Waals surface area contributed by atoms with Crippen molar-refractivity contribution in [2.45, 2.75) is 75.7 Å². The van der Waals surface area contributed by atoms with Crippen LogP contribution in [0.1, 0.15) is 39.5 Å². The van der Waals surface area contributed by atoms with Crippen LogP contribution in [-0.4, -0.2) is 72.1 Å². The minimum absolute atomic E-state index is 0.245. The fourth-order valence-electron chi connectivity index (χ4n) is 4.52. The minimum atomic E-state index is -1.68. The molecule has 10 heteroatoms. The van der Waals surface area contributed by atoms with Crippen LogP contribution in [0, 0.1) is 0 Å². The van der Waals surface area contributed by atoms with Gasteiger partial charge in [-0.1, -0.05) is 11.8 Å². The predicted molar refractivity (Wildman–Crippen MR) is 120 cm³/mol. The van der Waals surface area contributed by atoms with Crippen LogP contribution in [0.2, 0.25) is 0 Å². The summed E-state index contributed by atoms with van der Waals surface area (Å²) < 4.78 is 30.2. The molecular weight excluding hydrogens is 440 g/mol. The third kappa shape index (κ3) is 4.17. The summed E-state index contributed by atoms with van der Waals surface area (Å²) in [5, 5.41) is 14.8. The molecule has 0 amide bonds. The Kier molecular flexibility index (Phi) is 6.11. The number of hydrogen-bond acceptors (Lipinski definition) is 10. The number of fused-ring (bicyclic) bond motifs is 3. The van der Waals surface area contributed by atoms with Gasteiger partial charge in [0.25, 0.3) is 0 Å². The Bertz CT molecular complexity index is 851. The maximum atomic E-state index is 11.8. The molecule has 2 bridgehead atoms. The smallest absolute Gasteiger partial charge is 0.231 e. The largest absolute Gasteiger partial charge is 0.359 e. The van der Waals surface area contributed by atoms with Gasteiger partial charge < -0.3 is 28.8 Å². The summed E-state index contributed by atoms with van der Waals surface area (Å²) in [6, 6.07) is 0. The molecule has 8 nitrogen and oxygen atoms in total. The molecule has 5 unspecified atom stereocenters. The summed E-state index contributed by atoms with van der Waals surface area (Å²) in [6.45, 7) is 4.66. The van der Waals surface area contributed by atoms with Crippen LogP contribution in [0.5, 0.6) is 0 Å². The molecule has 3 fully saturated rings. The molecule has 0 aliphatic carbocycles. The standard InChI is InChI=1S/C21H28N2O6S2/c1-20(2)28-16-14(9-26-15-6-4-5-7-25-15)27-21(24,17(16)29-20)18-13-8-12(10-31-18)19(30-3)23-11-22-13/h10-11,14-17,24H,4-9H2,1-3H3. The lowest BCUT2D eigenvalue weighted by Crippen LogP contribution is -2.45. The van der Waals surface area contributed by atoms with E-state index in [9.17, 15) is 5.11 Å². The normalized spacial score (nSPS) is 39.2. The van der Waals surface area contributed by atoms with Gasteiger partial charge in [0, 0.05) is 13.0 Å². The van der Waals surface area contributed by atoms with Gasteiger partial charge in [0.05, 0.1) is 17.2 Å². The second-order valence-corrected chi connectivity index (χ2v) is 10.3.